The van der Waals surface area contributed by atoms with Crippen LogP contribution in [0.5, 0.6) is 11.5 Å². The topological polar surface area (TPSA) is 81.8 Å². The Bertz CT molecular complexity index is 481. The zero-order valence-electron chi connectivity index (χ0n) is 9.18. The number of hydrogen-bond acceptors (Lipinski definition) is 4. The summed E-state index contributed by atoms with van der Waals surface area (Å²) < 4.78 is 10.5. The van der Waals surface area contributed by atoms with Crippen molar-refractivity contribution in [1.82, 2.24) is 0 Å². The molecule has 0 saturated heterocycles. The van der Waals surface area contributed by atoms with E-state index in [2.05, 4.69) is 0 Å². The molecule has 17 heavy (non-hydrogen) atoms. The third-order valence-corrected chi connectivity index (χ3v) is 3.60. The molecule has 90 valence electrons. The van der Waals surface area contributed by atoms with Crippen LogP contribution in [0.4, 0.5) is 0 Å². The van der Waals surface area contributed by atoms with E-state index >= 15 is 0 Å². The van der Waals surface area contributed by atoms with Gasteiger partial charge in [-0.15, -0.1) is 0 Å². The van der Waals surface area contributed by atoms with E-state index in [-0.39, 0.29) is 6.79 Å². The van der Waals surface area contributed by atoms with Crippen molar-refractivity contribution in [3.8, 4) is 11.5 Å². The van der Waals surface area contributed by atoms with Crippen LogP contribution in [0, 0.1) is 0 Å². The fourth-order valence-corrected chi connectivity index (χ4v) is 2.36. The van der Waals surface area contributed by atoms with Gasteiger partial charge in [-0.2, -0.15) is 0 Å². The van der Waals surface area contributed by atoms with E-state index in [0.717, 1.165) is 18.4 Å². The number of benzene rings is 1. The Morgan fingerprint density at radius 1 is 1.35 bits per heavy atom. The van der Waals surface area contributed by atoms with Gasteiger partial charge in [0.1, 0.15) is 6.04 Å². The smallest absolute Gasteiger partial charge is 0.321 e. The summed E-state index contributed by atoms with van der Waals surface area (Å²) in [7, 11) is 0. The molecule has 1 unspecified atom stereocenters. The lowest BCUT2D eigenvalue weighted by Gasteiger charge is -2.20. The van der Waals surface area contributed by atoms with Gasteiger partial charge in [0.05, 0.1) is 0 Å². The van der Waals surface area contributed by atoms with Crippen molar-refractivity contribution in [2.24, 2.45) is 5.73 Å². The maximum Gasteiger partial charge on any atom is 0.321 e. The van der Waals surface area contributed by atoms with Gasteiger partial charge in [-0.1, -0.05) is 6.07 Å². The minimum atomic E-state index is -0.958. The predicted octanol–water partition coefficient (Wildman–Crippen LogP) is 0.859. The van der Waals surface area contributed by atoms with Crippen LogP contribution in [-0.2, 0) is 10.2 Å². The summed E-state index contributed by atoms with van der Waals surface area (Å²) in [6.07, 6.45) is 1.61. The average Bonchev–Trinajstić information content (AvgIpc) is 2.99. The molecule has 2 aliphatic rings. The monoisotopic (exact) mass is 235 g/mol. The Kier molecular flexibility index (Phi) is 2.06. The Balaban J connectivity index is 1.97. The Morgan fingerprint density at radius 3 is 2.71 bits per heavy atom. The SMILES string of the molecule is NC(C(=O)O)C1(c2ccc3c(c2)OCO3)CC1. The van der Waals surface area contributed by atoms with Crippen LogP contribution in [0.25, 0.3) is 0 Å². The zero-order chi connectivity index (χ0) is 12.0. The van der Waals surface area contributed by atoms with Gasteiger partial charge in [-0.3, -0.25) is 4.79 Å². The van der Waals surface area contributed by atoms with Gasteiger partial charge in [0.25, 0.3) is 0 Å². The number of carbonyl (C=O) groups is 1. The average molecular weight is 235 g/mol. The number of carboxylic acids is 1. The molecule has 1 aliphatic carbocycles. The van der Waals surface area contributed by atoms with Gasteiger partial charge in [0.15, 0.2) is 11.5 Å². The van der Waals surface area contributed by atoms with Crippen molar-refractivity contribution >= 4 is 5.97 Å². The lowest BCUT2D eigenvalue weighted by atomic mass is 9.88. The molecule has 0 bridgehead atoms. The Labute approximate surface area is 98.1 Å². The van der Waals surface area contributed by atoms with E-state index in [0.29, 0.717) is 11.5 Å². The number of rotatable bonds is 3. The second-order valence-electron chi connectivity index (χ2n) is 4.54. The van der Waals surface area contributed by atoms with E-state index in [1.165, 1.54) is 0 Å². The summed E-state index contributed by atoms with van der Waals surface area (Å²) in [5.41, 5.74) is 6.27. The lowest BCUT2D eigenvalue weighted by Crippen LogP contribution is -2.41. The van der Waals surface area contributed by atoms with Crippen molar-refractivity contribution in [3.63, 3.8) is 0 Å². The van der Waals surface area contributed by atoms with Crippen LogP contribution in [0.1, 0.15) is 18.4 Å². The highest BCUT2D eigenvalue weighted by Crippen LogP contribution is 2.52. The molecule has 3 rings (SSSR count). The number of ether oxygens (including phenoxy) is 2. The van der Waals surface area contributed by atoms with Crippen LogP contribution >= 0.6 is 0 Å². The number of fused-ring (bicyclic) bond motifs is 1. The van der Waals surface area contributed by atoms with E-state index in [4.69, 9.17) is 20.3 Å². The normalized spacial score (nSPS) is 21.0. The largest absolute Gasteiger partial charge is 0.480 e. The van der Waals surface area contributed by atoms with E-state index in [1.54, 1.807) is 0 Å². The number of nitrogens with two attached hydrogens (primary N) is 1. The molecule has 0 aromatic heterocycles. The summed E-state index contributed by atoms with van der Waals surface area (Å²) in [6.45, 7) is 0.219. The molecule has 1 heterocycles. The summed E-state index contributed by atoms with van der Waals surface area (Å²) in [5.74, 6) is 0.417. The highest BCUT2D eigenvalue weighted by atomic mass is 16.7. The summed E-state index contributed by atoms with van der Waals surface area (Å²) in [4.78, 5) is 11.0. The Hall–Kier alpha value is -1.75. The maximum absolute atomic E-state index is 11.0. The van der Waals surface area contributed by atoms with Gasteiger partial charge < -0.3 is 20.3 Å². The molecule has 1 aromatic carbocycles. The van der Waals surface area contributed by atoms with Gasteiger partial charge >= 0.3 is 5.97 Å². The van der Waals surface area contributed by atoms with Crippen molar-refractivity contribution < 1.29 is 19.4 Å². The van der Waals surface area contributed by atoms with Crippen molar-refractivity contribution in [3.05, 3.63) is 23.8 Å². The molecular formula is C12H13NO4. The second kappa shape index (κ2) is 3.37. The lowest BCUT2D eigenvalue weighted by molar-refractivity contribution is -0.139. The van der Waals surface area contributed by atoms with Crippen LogP contribution < -0.4 is 15.2 Å². The first-order valence-corrected chi connectivity index (χ1v) is 5.52. The molecule has 0 radical (unpaired) electrons. The second-order valence-corrected chi connectivity index (χ2v) is 4.54. The third kappa shape index (κ3) is 1.46. The molecule has 0 amide bonds. The van der Waals surface area contributed by atoms with Crippen LogP contribution in [-0.4, -0.2) is 23.9 Å². The first-order valence-electron chi connectivity index (χ1n) is 5.52. The van der Waals surface area contributed by atoms with Gasteiger partial charge in [-0.05, 0) is 30.5 Å². The van der Waals surface area contributed by atoms with Crippen LogP contribution in [0.2, 0.25) is 0 Å². The molecule has 1 saturated carbocycles. The molecule has 5 heteroatoms. The van der Waals surface area contributed by atoms with Crippen molar-refractivity contribution in [2.45, 2.75) is 24.3 Å². The van der Waals surface area contributed by atoms with Crippen LogP contribution in [0.3, 0.4) is 0 Å². The standard InChI is InChI=1S/C12H13NO4/c13-10(11(14)15)12(3-4-12)7-1-2-8-9(5-7)17-6-16-8/h1-2,5,10H,3-4,6,13H2,(H,14,15). The zero-order valence-corrected chi connectivity index (χ0v) is 9.18. The molecule has 1 aromatic rings. The van der Waals surface area contributed by atoms with E-state index in [1.807, 2.05) is 18.2 Å². The molecule has 1 aliphatic heterocycles. The fourth-order valence-electron chi connectivity index (χ4n) is 2.36. The highest BCUT2D eigenvalue weighted by Gasteiger charge is 2.52. The fraction of sp³-hybridized carbons (Fsp3) is 0.417. The number of hydrogen-bond donors (Lipinski definition) is 2. The first-order chi connectivity index (χ1) is 8.13. The Morgan fingerprint density at radius 2 is 2.06 bits per heavy atom. The minimum absolute atomic E-state index is 0.219. The number of aliphatic carboxylic acids is 1. The summed E-state index contributed by atoms with van der Waals surface area (Å²) >= 11 is 0. The quantitative estimate of drug-likeness (QED) is 0.812. The molecule has 5 nitrogen and oxygen atoms in total. The van der Waals surface area contributed by atoms with Gasteiger partial charge in [-0.25, -0.2) is 0 Å². The summed E-state index contributed by atoms with van der Waals surface area (Å²) in [6, 6.07) is 4.68. The van der Waals surface area contributed by atoms with Crippen LogP contribution in [0.15, 0.2) is 18.2 Å². The minimum Gasteiger partial charge on any atom is -0.480 e. The predicted molar refractivity (Wildman–Crippen MR) is 59.1 cm³/mol. The number of carboxylic acid groups (broad SMARTS) is 1. The molecule has 1 fully saturated rings. The van der Waals surface area contributed by atoms with Crippen molar-refractivity contribution in [2.75, 3.05) is 6.79 Å². The molecule has 0 spiro atoms. The first kappa shape index (κ1) is 10.4. The molecule has 1 atom stereocenters. The third-order valence-electron chi connectivity index (χ3n) is 3.60. The summed E-state index contributed by atoms with van der Waals surface area (Å²) in [5, 5.41) is 9.03. The molecular weight excluding hydrogens is 222 g/mol. The highest BCUT2D eigenvalue weighted by molar-refractivity contribution is 5.77. The molecule has 3 N–H and O–H groups in total. The van der Waals surface area contributed by atoms with Crippen molar-refractivity contribution in [1.29, 1.82) is 0 Å². The van der Waals surface area contributed by atoms with E-state index < -0.39 is 17.4 Å². The van der Waals surface area contributed by atoms with Gasteiger partial charge in [0.2, 0.25) is 6.79 Å². The maximum atomic E-state index is 11.0. The van der Waals surface area contributed by atoms with Gasteiger partial charge in [0, 0.05) is 5.41 Å². The van der Waals surface area contributed by atoms with E-state index in [9.17, 15) is 4.79 Å².